The number of nitrogens with two attached hydrogens (primary N) is 1. The van der Waals surface area contributed by atoms with E-state index in [1.807, 2.05) is 4.90 Å². The van der Waals surface area contributed by atoms with Gasteiger partial charge in [-0.3, -0.25) is 5.41 Å². The number of aromatic nitrogens is 2. The Morgan fingerprint density at radius 2 is 1.96 bits per heavy atom. The molecule has 0 bridgehead atoms. The number of amidine groups is 1. The molecule has 1 saturated heterocycles. The quantitative estimate of drug-likeness (QED) is 0.488. The summed E-state index contributed by atoms with van der Waals surface area (Å²) in [5.41, 5.74) is 7.02. The molecule has 6 nitrogen and oxygen atoms in total. The van der Waals surface area contributed by atoms with Crippen molar-refractivity contribution in [3.05, 3.63) is 47.0 Å². The van der Waals surface area contributed by atoms with E-state index in [1.165, 1.54) is 12.4 Å². The third-order valence-corrected chi connectivity index (χ3v) is 5.24. The Labute approximate surface area is 149 Å². The third kappa shape index (κ3) is 2.78. The van der Waals surface area contributed by atoms with Crippen molar-refractivity contribution in [2.45, 2.75) is 18.4 Å². The molecule has 2 fully saturated rings. The predicted octanol–water partition coefficient (Wildman–Crippen LogP) is 2.53. The molecule has 8 heteroatoms. The van der Waals surface area contributed by atoms with Crippen molar-refractivity contribution in [3.8, 4) is 0 Å². The maximum Gasteiger partial charge on any atom is 0.225 e. The second-order valence-corrected chi connectivity index (χ2v) is 6.96. The SMILES string of the molecule is N=C(c1c(N)cccc1Cl)N1CCN(c2ncc(F)cn2)CC12CC2. The number of rotatable bonds is 2. The topological polar surface area (TPSA) is 82.1 Å². The molecule has 25 heavy (non-hydrogen) atoms. The molecular weight excluding hydrogens is 343 g/mol. The molecule has 1 spiro atoms. The highest BCUT2D eigenvalue weighted by Gasteiger charge is 2.53. The number of anilines is 2. The van der Waals surface area contributed by atoms with E-state index in [2.05, 4.69) is 14.9 Å². The van der Waals surface area contributed by atoms with E-state index < -0.39 is 5.82 Å². The van der Waals surface area contributed by atoms with Crippen LogP contribution in [0.2, 0.25) is 5.02 Å². The lowest BCUT2D eigenvalue weighted by molar-refractivity contribution is 0.257. The summed E-state index contributed by atoms with van der Waals surface area (Å²) in [6, 6.07) is 5.30. The van der Waals surface area contributed by atoms with Crippen LogP contribution in [0.1, 0.15) is 18.4 Å². The second-order valence-electron chi connectivity index (χ2n) is 6.55. The molecule has 1 aromatic carbocycles. The van der Waals surface area contributed by atoms with Gasteiger partial charge in [0.15, 0.2) is 5.82 Å². The van der Waals surface area contributed by atoms with Crippen LogP contribution in [-0.4, -0.2) is 45.9 Å². The lowest BCUT2D eigenvalue weighted by atomic mass is 10.1. The van der Waals surface area contributed by atoms with Gasteiger partial charge in [-0.2, -0.15) is 0 Å². The van der Waals surface area contributed by atoms with Gasteiger partial charge < -0.3 is 15.5 Å². The second kappa shape index (κ2) is 5.84. The van der Waals surface area contributed by atoms with Gasteiger partial charge in [0.1, 0.15) is 5.84 Å². The number of nitrogens with zero attached hydrogens (tertiary/aromatic N) is 4. The summed E-state index contributed by atoms with van der Waals surface area (Å²) in [5.74, 6) is 0.441. The predicted molar refractivity (Wildman–Crippen MR) is 95.6 cm³/mol. The fourth-order valence-electron chi connectivity index (χ4n) is 3.46. The van der Waals surface area contributed by atoms with Crippen molar-refractivity contribution in [2.75, 3.05) is 30.3 Å². The summed E-state index contributed by atoms with van der Waals surface area (Å²) >= 11 is 6.28. The highest BCUT2D eigenvalue weighted by molar-refractivity contribution is 6.34. The molecule has 2 heterocycles. The number of hydrogen-bond acceptors (Lipinski definition) is 5. The molecule has 0 atom stereocenters. The van der Waals surface area contributed by atoms with Gasteiger partial charge in [-0.25, -0.2) is 14.4 Å². The first kappa shape index (κ1) is 16.1. The molecule has 1 aliphatic heterocycles. The minimum Gasteiger partial charge on any atom is -0.398 e. The van der Waals surface area contributed by atoms with Crippen LogP contribution < -0.4 is 10.6 Å². The molecule has 130 valence electrons. The number of nitrogen functional groups attached to an aromatic ring is 1. The van der Waals surface area contributed by atoms with Gasteiger partial charge in [0.25, 0.3) is 0 Å². The largest absolute Gasteiger partial charge is 0.398 e. The summed E-state index contributed by atoms with van der Waals surface area (Å²) in [6.45, 7) is 2.00. The van der Waals surface area contributed by atoms with Crippen LogP contribution in [0.25, 0.3) is 0 Å². The Hall–Kier alpha value is -2.41. The summed E-state index contributed by atoms with van der Waals surface area (Å²) in [6.07, 6.45) is 4.33. The van der Waals surface area contributed by atoms with Crippen LogP contribution in [0.5, 0.6) is 0 Å². The van der Waals surface area contributed by atoms with E-state index in [1.54, 1.807) is 18.2 Å². The maximum absolute atomic E-state index is 13.0. The highest BCUT2D eigenvalue weighted by Crippen LogP contribution is 2.46. The first-order valence-electron chi connectivity index (χ1n) is 8.13. The van der Waals surface area contributed by atoms with Gasteiger partial charge >= 0.3 is 0 Å². The molecule has 1 aromatic heterocycles. The molecule has 1 saturated carbocycles. The van der Waals surface area contributed by atoms with Crippen LogP contribution in [-0.2, 0) is 0 Å². The van der Waals surface area contributed by atoms with Crippen LogP contribution in [0.4, 0.5) is 16.0 Å². The van der Waals surface area contributed by atoms with E-state index in [-0.39, 0.29) is 5.54 Å². The van der Waals surface area contributed by atoms with Crippen molar-refractivity contribution in [2.24, 2.45) is 0 Å². The Balaban J connectivity index is 1.58. The monoisotopic (exact) mass is 360 g/mol. The molecule has 2 aliphatic rings. The van der Waals surface area contributed by atoms with Crippen molar-refractivity contribution in [1.29, 1.82) is 5.41 Å². The Morgan fingerprint density at radius 3 is 2.60 bits per heavy atom. The lowest BCUT2D eigenvalue weighted by Crippen LogP contribution is -2.57. The molecule has 1 aliphatic carbocycles. The highest BCUT2D eigenvalue weighted by atomic mass is 35.5. The van der Waals surface area contributed by atoms with Gasteiger partial charge in [0.2, 0.25) is 5.95 Å². The van der Waals surface area contributed by atoms with E-state index >= 15 is 0 Å². The van der Waals surface area contributed by atoms with Crippen molar-refractivity contribution in [3.63, 3.8) is 0 Å². The van der Waals surface area contributed by atoms with Gasteiger partial charge in [-0.05, 0) is 25.0 Å². The molecule has 4 rings (SSSR count). The van der Waals surface area contributed by atoms with Gasteiger partial charge in [0.05, 0.1) is 28.5 Å². The average Bonchev–Trinajstić information content (AvgIpc) is 3.34. The van der Waals surface area contributed by atoms with E-state index in [0.717, 1.165) is 12.8 Å². The Morgan fingerprint density at radius 1 is 1.24 bits per heavy atom. The zero-order valence-electron chi connectivity index (χ0n) is 13.5. The molecule has 3 N–H and O–H groups in total. The standard InChI is InChI=1S/C17H18ClFN6/c18-12-2-1-3-13(20)14(12)15(21)25-7-6-24(10-17(25)4-5-17)16-22-8-11(19)9-23-16/h1-3,8-9,21H,4-7,10,20H2. The lowest BCUT2D eigenvalue weighted by Gasteiger charge is -2.43. The molecule has 0 unspecified atom stereocenters. The summed E-state index contributed by atoms with van der Waals surface area (Å²) < 4.78 is 13.0. The minimum atomic E-state index is -0.445. The number of piperazine rings is 1. The number of nitrogens with one attached hydrogen (secondary N) is 1. The first-order chi connectivity index (χ1) is 12.0. The van der Waals surface area contributed by atoms with Crippen molar-refractivity contribution >= 4 is 29.1 Å². The maximum atomic E-state index is 13.0. The Bertz CT molecular complexity index is 800. The van der Waals surface area contributed by atoms with E-state index in [4.69, 9.17) is 22.7 Å². The molecular formula is C17H18ClFN6. The fraction of sp³-hybridized carbons (Fsp3) is 0.353. The minimum absolute atomic E-state index is 0.126. The van der Waals surface area contributed by atoms with Crippen molar-refractivity contribution < 1.29 is 4.39 Å². The van der Waals surface area contributed by atoms with E-state index in [0.29, 0.717) is 47.7 Å². The zero-order chi connectivity index (χ0) is 17.6. The number of benzene rings is 1. The van der Waals surface area contributed by atoms with Gasteiger partial charge in [-0.1, -0.05) is 17.7 Å². The summed E-state index contributed by atoms with van der Waals surface area (Å²) in [7, 11) is 0. The number of halogens is 2. The van der Waals surface area contributed by atoms with Gasteiger partial charge in [-0.15, -0.1) is 0 Å². The molecule has 0 amide bonds. The van der Waals surface area contributed by atoms with Gasteiger partial charge in [0, 0.05) is 25.3 Å². The number of hydrogen-bond donors (Lipinski definition) is 2. The molecule has 2 aromatic rings. The van der Waals surface area contributed by atoms with Crippen LogP contribution >= 0.6 is 11.6 Å². The zero-order valence-corrected chi connectivity index (χ0v) is 14.3. The van der Waals surface area contributed by atoms with Crippen LogP contribution in [0, 0.1) is 11.2 Å². The van der Waals surface area contributed by atoms with Crippen LogP contribution in [0.3, 0.4) is 0 Å². The average molecular weight is 361 g/mol. The third-order valence-electron chi connectivity index (χ3n) is 4.92. The normalized spacial score (nSPS) is 18.5. The van der Waals surface area contributed by atoms with E-state index in [9.17, 15) is 4.39 Å². The summed E-state index contributed by atoms with van der Waals surface area (Å²) in [4.78, 5) is 12.3. The summed E-state index contributed by atoms with van der Waals surface area (Å²) in [5, 5.41) is 9.15. The smallest absolute Gasteiger partial charge is 0.225 e. The molecule has 0 radical (unpaired) electrons. The van der Waals surface area contributed by atoms with Crippen LogP contribution in [0.15, 0.2) is 30.6 Å². The van der Waals surface area contributed by atoms with Crippen molar-refractivity contribution in [1.82, 2.24) is 14.9 Å². The first-order valence-corrected chi connectivity index (χ1v) is 8.51. The Kier molecular flexibility index (Phi) is 3.76. The fourth-order valence-corrected chi connectivity index (χ4v) is 3.74.